The summed E-state index contributed by atoms with van der Waals surface area (Å²) < 4.78 is 16.7. The summed E-state index contributed by atoms with van der Waals surface area (Å²) in [6.07, 6.45) is 65.2. The van der Waals surface area contributed by atoms with Gasteiger partial charge in [0.25, 0.3) is 0 Å². The van der Waals surface area contributed by atoms with Crippen LogP contribution in [0.2, 0.25) is 0 Å². The van der Waals surface area contributed by atoms with E-state index in [1.165, 1.54) is 70.6 Å². The predicted octanol–water partition coefficient (Wildman–Crippen LogP) is 16.6. The summed E-state index contributed by atoms with van der Waals surface area (Å²) in [4.78, 5) is 37.9. The molecule has 0 aliphatic carbocycles. The lowest BCUT2D eigenvalue weighted by atomic mass is 10.1. The molecule has 0 heterocycles. The van der Waals surface area contributed by atoms with Gasteiger partial charge >= 0.3 is 17.9 Å². The van der Waals surface area contributed by atoms with E-state index in [0.29, 0.717) is 19.3 Å². The highest BCUT2D eigenvalue weighted by Gasteiger charge is 2.19. The van der Waals surface area contributed by atoms with E-state index < -0.39 is 6.10 Å². The largest absolute Gasteiger partial charge is 0.462 e. The van der Waals surface area contributed by atoms with E-state index in [0.717, 1.165) is 109 Å². The second kappa shape index (κ2) is 50.0. The van der Waals surface area contributed by atoms with Gasteiger partial charge in [0.05, 0.1) is 0 Å². The van der Waals surface area contributed by atoms with E-state index in [4.69, 9.17) is 14.2 Å². The van der Waals surface area contributed by atoms with Crippen molar-refractivity contribution < 1.29 is 28.6 Å². The molecule has 0 fully saturated rings. The van der Waals surface area contributed by atoms with Gasteiger partial charge in [-0.15, -0.1) is 0 Å². The summed E-state index contributed by atoms with van der Waals surface area (Å²) in [5.74, 6) is -0.948. The predicted molar refractivity (Wildman–Crippen MR) is 265 cm³/mol. The zero-order valence-corrected chi connectivity index (χ0v) is 40.1. The molecule has 0 saturated carbocycles. The molecule has 0 aliphatic rings. The van der Waals surface area contributed by atoms with Crippen LogP contribution in [0.5, 0.6) is 0 Å². The minimum absolute atomic E-state index is 0.0966. The van der Waals surface area contributed by atoms with Crippen molar-refractivity contribution in [2.75, 3.05) is 13.2 Å². The summed E-state index contributed by atoms with van der Waals surface area (Å²) in [5, 5.41) is 0. The highest BCUT2D eigenvalue weighted by molar-refractivity contribution is 5.71. The third kappa shape index (κ3) is 47.4. The zero-order valence-electron chi connectivity index (χ0n) is 40.1. The van der Waals surface area contributed by atoms with Gasteiger partial charge in [-0.1, -0.05) is 214 Å². The Morgan fingerprint density at radius 3 is 1.08 bits per heavy atom. The quantitative estimate of drug-likeness (QED) is 0.0200. The maximum Gasteiger partial charge on any atom is 0.306 e. The van der Waals surface area contributed by atoms with Gasteiger partial charge in [-0.05, 0) is 83.5 Å². The number of ether oxygens (including phenoxy) is 3. The first-order valence-corrected chi connectivity index (χ1v) is 25.3. The van der Waals surface area contributed by atoms with E-state index in [-0.39, 0.29) is 31.1 Å². The Hall–Kier alpha value is -3.67. The number of unbranched alkanes of at least 4 members (excludes halogenated alkanes) is 22. The molecule has 0 N–H and O–H groups in total. The number of esters is 3. The fraction of sp³-hybridized carbons (Fsp3) is 0.661. The number of carbonyl (C=O) groups is 3. The average molecular weight is 861 g/mol. The van der Waals surface area contributed by atoms with Crippen molar-refractivity contribution in [3.63, 3.8) is 0 Å². The Labute approximate surface area is 381 Å². The molecule has 62 heavy (non-hydrogen) atoms. The number of carbonyl (C=O) groups excluding carboxylic acids is 3. The van der Waals surface area contributed by atoms with Crippen LogP contribution in [0.1, 0.15) is 220 Å². The molecule has 0 aromatic heterocycles. The van der Waals surface area contributed by atoms with Crippen molar-refractivity contribution in [1.82, 2.24) is 0 Å². The van der Waals surface area contributed by atoms with E-state index >= 15 is 0 Å². The topological polar surface area (TPSA) is 78.9 Å². The number of hydrogen-bond donors (Lipinski definition) is 0. The Kier molecular flexibility index (Phi) is 47.0. The molecule has 0 spiro atoms. The molecule has 0 rings (SSSR count). The Balaban J connectivity index is 4.47. The van der Waals surface area contributed by atoms with Crippen molar-refractivity contribution in [1.29, 1.82) is 0 Å². The van der Waals surface area contributed by atoms with Gasteiger partial charge in [-0.2, -0.15) is 0 Å². The van der Waals surface area contributed by atoms with Crippen LogP contribution >= 0.6 is 0 Å². The molecule has 0 amide bonds. The van der Waals surface area contributed by atoms with E-state index in [9.17, 15) is 14.4 Å². The summed E-state index contributed by atoms with van der Waals surface area (Å²) in [5.41, 5.74) is 0. The van der Waals surface area contributed by atoms with Crippen molar-refractivity contribution in [2.24, 2.45) is 0 Å². The van der Waals surface area contributed by atoms with Gasteiger partial charge in [0.15, 0.2) is 6.10 Å². The van der Waals surface area contributed by atoms with Crippen LogP contribution in [0.25, 0.3) is 0 Å². The fourth-order valence-electron chi connectivity index (χ4n) is 6.56. The maximum absolute atomic E-state index is 12.8. The number of hydrogen-bond acceptors (Lipinski definition) is 6. The second-order valence-corrected chi connectivity index (χ2v) is 16.5. The van der Waals surface area contributed by atoms with Crippen LogP contribution in [-0.2, 0) is 28.6 Å². The van der Waals surface area contributed by atoms with Gasteiger partial charge in [0.1, 0.15) is 13.2 Å². The molecule has 1 unspecified atom stereocenters. The molecule has 1 atom stereocenters. The number of allylic oxidation sites excluding steroid dienone is 16. The van der Waals surface area contributed by atoms with E-state index in [1.807, 2.05) is 24.3 Å². The SMILES string of the molecule is CCC\C=C/C=C\C=C/C=C\C=C/CCCCCCCC(=O)OCC(COC(=O)CCCCCCC/C=C\CCCC)OC(=O)CCCCCCCC/C=C\C=C/CCCCC. The van der Waals surface area contributed by atoms with Gasteiger partial charge in [0.2, 0.25) is 0 Å². The maximum atomic E-state index is 12.8. The Morgan fingerprint density at radius 2 is 0.645 bits per heavy atom. The van der Waals surface area contributed by atoms with Crippen molar-refractivity contribution >= 4 is 17.9 Å². The summed E-state index contributed by atoms with van der Waals surface area (Å²) in [6, 6.07) is 0. The molecule has 0 aromatic carbocycles. The summed E-state index contributed by atoms with van der Waals surface area (Å²) >= 11 is 0. The molecule has 0 aliphatic heterocycles. The molecule has 352 valence electrons. The lowest BCUT2D eigenvalue weighted by Crippen LogP contribution is -2.30. The molecule has 6 nitrogen and oxygen atoms in total. The smallest absolute Gasteiger partial charge is 0.306 e. The summed E-state index contributed by atoms with van der Waals surface area (Å²) in [7, 11) is 0. The minimum atomic E-state index is -0.798. The Bertz CT molecular complexity index is 1260. The molecular formula is C56H92O6. The van der Waals surface area contributed by atoms with E-state index in [1.54, 1.807) is 0 Å². The third-order valence-electron chi connectivity index (χ3n) is 10.4. The zero-order chi connectivity index (χ0) is 45.1. The van der Waals surface area contributed by atoms with Crippen molar-refractivity contribution in [3.8, 4) is 0 Å². The lowest BCUT2D eigenvalue weighted by Gasteiger charge is -2.18. The van der Waals surface area contributed by atoms with Gasteiger partial charge < -0.3 is 14.2 Å². The highest BCUT2D eigenvalue weighted by atomic mass is 16.6. The normalized spacial score (nSPS) is 12.9. The van der Waals surface area contributed by atoms with Crippen LogP contribution < -0.4 is 0 Å². The standard InChI is InChI=1S/C56H92O6/c1-4-7-10-13-16-19-22-24-26-27-28-30-31-34-37-40-43-46-49-55(58)61-52-53(51-60-54(57)48-45-42-39-36-33-21-18-15-12-9-6-3)62-56(59)50-47-44-41-38-35-32-29-25-23-20-17-14-11-8-5-2/h10,13,15-20,22-28,30,53H,4-9,11-12,14,21,29,31-52H2,1-3H3/b13-10-,18-15-,19-16-,20-17-,24-22-,25-23-,27-26-,30-28-. The van der Waals surface area contributed by atoms with Crippen molar-refractivity contribution in [2.45, 2.75) is 226 Å². The minimum Gasteiger partial charge on any atom is -0.462 e. The fourth-order valence-corrected chi connectivity index (χ4v) is 6.56. The van der Waals surface area contributed by atoms with Crippen LogP contribution in [-0.4, -0.2) is 37.2 Å². The van der Waals surface area contributed by atoms with Gasteiger partial charge in [-0.3, -0.25) is 14.4 Å². The number of rotatable bonds is 44. The molecule has 0 aromatic rings. The first-order chi connectivity index (χ1) is 30.5. The van der Waals surface area contributed by atoms with Crippen LogP contribution in [0.3, 0.4) is 0 Å². The van der Waals surface area contributed by atoms with Crippen molar-refractivity contribution in [3.05, 3.63) is 97.2 Å². The lowest BCUT2D eigenvalue weighted by molar-refractivity contribution is -0.167. The average Bonchev–Trinajstić information content (AvgIpc) is 3.27. The van der Waals surface area contributed by atoms with Crippen LogP contribution in [0, 0.1) is 0 Å². The first-order valence-electron chi connectivity index (χ1n) is 25.3. The molecular weight excluding hydrogens is 769 g/mol. The van der Waals surface area contributed by atoms with E-state index in [2.05, 4.69) is 93.7 Å². The second-order valence-electron chi connectivity index (χ2n) is 16.5. The van der Waals surface area contributed by atoms with Gasteiger partial charge in [-0.25, -0.2) is 0 Å². The highest BCUT2D eigenvalue weighted by Crippen LogP contribution is 2.13. The summed E-state index contributed by atoms with van der Waals surface area (Å²) in [6.45, 7) is 6.43. The first kappa shape index (κ1) is 58.3. The molecule has 0 radical (unpaired) electrons. The molecule has 0 saturated heterocycles. The van der Waals surface area contributed by atoms with Crippen LogP contribution in [0.4, 0.5) is 0 Å². The third-order valence-corrected chi connectivity index (χ3v) is 10.4. The Morgan fingerprint density at radius 1 is 0.323 bits per heavy atom. The molecule has 6 heteroatoms. The molecule has 0 bridgehead atoms. The monoisotopic (exact) mass is 861 g/mol. The van der Waals surface area contributed by atoms with Crippen LogP contribution in [0.15, 0.2) is 97.2 Å². The van der Waals surface area contributed by atoms with Gasteiger partial charge in [0, 0.05) is 19.3 Å².